The summed E-state index contributed by atoms with van der Waals surface area (Å²) in [5, 5.41) is 3.97. The quantitative estimate of drug-likeness (QED) is 0.744. The van der Waals surface area contributed by atoms with Gasteiger partial charge in [-0.15, -0.1) is 0 Å². The summed E-state index contributed by atoms with van der Waals surface area (Å²) in [5.74, 6) is 0.559. The van der Waals surface area contributed by atoms with Gasteiger partial charge in [0.05, 0.1) is 24.2 Å². The zero-order valence-corrected chi connectivity index (χ0v) is 11.1. The smallest absolute Gasteiger partial charge is 0.211 e. The van der Waals surface area contributed by atoms with E-state index in [2.05, 4.69) is 9.82 Å². The maximum absolute atomic E-state index is 11.6. The molecule has 0 amide bonds. The highest BCUT2D eigenvalue weighted by Gasteiger charge is 2.10. The van der Waals surface area contributed by atoms with Gasteiger partial charge in [-0.25, -0.2) is 13.1 Å². The summed E-state index contributed by atoms with van der Waals surface area (Å²) in [7, 11) is -3.16. The van der Waals surface area contributed by atoms with Gasteiger partial charge in [0.1, 0.15) is 0 Å². The normalized spacial score (nSPS) is 12.2. The molecular weight excluding hydrogens is 240 g/mol. The molecule has 0 unspecified atom stereocenters. The molecule has 0 spiro atoms. The highest BCUT2D eigenvalue weighted by Crippen LogP contribution is 2.02. The predicted octanol–water partition coefficient (Wildman–Crippen LogP) is 0.431. The fourth-order valence-electron chi connectivity index (χ4n) is 1.28. The Bertz CT molecular complexity index is 439. The zero-order valence-electron chi connectivity index (χ0n) is 10.3. The van der Waals surface area contributed by atoms with Crippen LogP contribution in [0.5, 0.6) is 0 Å². The van der Waals surface area contributed by atoms with Crippen molar-refractivity contribution >= 4 is 15.7 Å². The van der Waals surface area contributed by atoms with Crippen molar-refractivity contribution in [3.8, 4) is 0 Å². The van der Waals surface area contributed by atoms with Gasteiger partial charge in [0, 0.05) is 12.7 Å². The molecule has 0 atom stereocenters. The highest BCUT2D eigenvalue weighted by molar-refractivity contribution is 7.89. The number of nitrogens with zero attached hydrogens (tertiary/aromatic N) is 2. The molecule has 0 bridgehead atoms. The van der Waals surface area contributed by atoms with E-state index < -0.39 is 10.0 Å². The third-order valence-electron chi connectivity index (χ3n) is 2.28. The van der Waals surface area contributed by atoms with Crippen molar-refractivity contribution in [1.82, 2.24) is 14.5 Å². The molecule has 1 heterocycles. The standard InChI is InChI=1S/C10H20N4O2S/c1-9(2)3-6-17(15,16)13-4-5-14-8-10(11)7-12-14/h7-9,13H,3-6,11H2,1-2H3. The Kier molecular flexibility index (Phi) is 4.95. The van der Waals surface area contributed by atoms with E-state index in [1.807, 2.05) is 13.8 Å². The van der Waals surface area contributed by atoms with Crippen molar-refractivity contribution in [2.45, 2.75) is 26.8 Å². The Labute approximate surface area is 102 Å². The summed E-state index contributed by atoms with van der Waals surface area (Å²) in [4.78, 5) is 0. The van der Waals surface area contributed by atoms with Crippen LogP contribution in [-0.2, 0) is 16.6 Å². The molecule has 0 aliphatic carbocycles. The van der Waals surface area contributed by atoms with Crippen LogP contribution < -0.4 is 10.5 Å². The summed E-state index contributed by atoms with van der Waals surface area (Å²) in [6.07, 6.45) is 3.87. The highest BCUT2D eigenvalue weighted by atomic mass is 32.2. The van der Waals surface area contributed by atoms with Crippen LogP contribution in [0.15, 0.2) is 12.4 Å². The van der Waals surface area contributed by atoms with Gasteiger partial charge in [-0.2, -0.15) is 5.10 Å². The van der Waals surface area contributed by atoms with E-state index in [-0.39, 0.29) is 5.75 Å². The molecule has 6 nitrogen and oxygen atoms in total. The van der Waals surface area contributed by atoms with E-state index in [9.17, 15) is 8.42 Å². The number of nitrogens with one attached hydrogen (secondary N) is 1. The topological polar surface area (TPSA) is 90.0 Å². The predicted molar refractivity (Wildman–Crippen MR) is 67.9 cm³/mol. The number of nitrogens with two attached hydrogens (primary N) is 1. The molecule has 0 saturated carbocycles. The van der Waals surface area contributed by atoms with Crippen LogP contribution in [0.2, 0.25) is 0 Å². The summed E-state index contributed by atoms with van der Waals surface area (Å²) in [6, 6.07) is 0. The minimum atomic E-state index is -3.16. The summed E-state index contributed by atoms with van der Waals surface area (Å²) in [5.41, 5.74) is 6.07. The first kappa shape index (κ1) is 14.0. The average molecular weight is 260 g/mol. The molecule has 17 heavy (non-hydrogen) atoms. The maximum atomic E-state index is 11.6. The van der Waals surface area contributed by atoms with Crippen molar-refractivity contribution in [3.63, 3.8) is 0 Å². The van der Waals surface area contributed by atoms with Crippen molar-refractivity contribution in [1.29, 1.82) is 0 Å². The fourth-order valence-corrected chi connectivity index (χ4v) is 2.61. The van der Waals surface area contributed by atoms with E-state index in [0.29, 0.717) is 31.1 Å². The SMILES string of the molecule is CC(C)CCS(=O)(=O)NCCn1cc(N)cn1. The van der Waals surface area contributed by atoms with Crippen molar-refractivity contribution < 1.29 is 8.42 Å². The van der Waals surface area contributed by atoms with Gasteiger partial charge in [-0.05, 0) is 12.3 Å². The van der Waals surface area contributed by atoms with Gasteiger partial charge in [-0.1, -0.05) is 13.8 Å². The van der Waals surface area contributed by atoms with Crippen LogP contribution in [0.3, 0.4) is 0 Å². The Morgan fingerprint density at radius 1 is 1.53 bits per heavy atom. The second-order valence-corrected chi connectivity index (χ2v) is 6.36. The zero-order chi connectivity index (χ0) is 12.9. The summed E-state index contributed by atoms with van der Waals surface area (Å²) < 4.78 is 27.3. The summed E-state index contributed by atoms with van der Waals surface area (Å²) in [6.45, 7) is 4.82. The molecule has 7 heteroatoms. The van der Waals surface area contributed by atoms with Gasteiger partial charge in [0.25, 0.3) is 0 Å². The Morgan fingerprint density at radius 3 is 2.76 bits per heavy atom. The van der Waals surface area contributed by atoms with Crippen LogP contribution in [0.25, 0.3) is 0 Å². The lowest BCUT2D eigenvalue weighted by atomic mass is 10.2. The Balaban J connectivity index is 2.30. The van der Waals surface area contributed by atoms with Gasteiger partial charge in [0.2, 0.25) is 10.0 Å². The van der Waals surface area contributed by atoms with Crippen LogP contribution in [0, 0.1) is 5.92 Å². The third kappa shape index (κ3) is 5.69. The number of hydrogen-bond donors (Lipinski definition) is 2. The lowest BCUT2D eigenvalue weighted by molar-refractivity contribution is 0.548. The first-order valence-electron chi connectivity index (χ1n) is 5.64. The number of nitrogen functional groups attached to an aromatic ring is 1. The maximum Gasteiger partial charge on any atom is 0.211 e. The first-order valence-corrected chi connectivity index (χ1v) is 7.29. The van der Waals surface area contributed by atoms with E-state index in [1.165, 1.54) is 6.20 Å². The molecule has 0 radical (unpaired) electrons. The lowest BCUT2D eigenvalue weighted by Gasteiger charge is -2.08. The second-order valence-electron chi connectivity index (χ2n) is 4.43. The number of sulfonamides is 1. The number of rotatable bonds is 7. The van der Waals surface area contributed by atoms with Gasteiger partial charge >= 0.3 is 0 Å². The fraction of sp³-hybridized carbons (Fsp3) is 0.700. The molecule has 3 N–H and O–H groups in total. The van der Waals surface area contributed by atoms with Crippen LogP contribution >= 0.6 is 0 Å². The van der Waals surface area contributed by atoms with Gasteiger partial charge in [-0.3, -0.25) is 4.68 Å². The number of aromatic nitrogens is 2. The minimum Gasteiger partial charge on any atom is -0.396 e. The van der Waals surface area contributed by atoms with Gasteiger partial charge < -0.3 is 5.73 Å². The lowest BCUT2D eigenvalue weighted by Crippen LogP contribution is -2.30. The Hall–Kier alpha value is -1.08. The van der Waals surface area contributed by atoms with E-state index in [1.54, 1.807) is 10.9 Å². The molecule has 1 aromatic heterocycles. The third-order valence-corrected chi connectivity index (χ3v) is 3.70. The largest absolute Gasteiger partial charge is 0.396 e. The molecule has 1 rings (SSSR count). The molecule has 0 fully saturated rings. The molecule has 0 aromatic carbocycles. The van der Waals surface area contributed by atoms with E-state index in [0.717, 1.165) is 0 Å². The van der Waals surface area contributed by atoms with Crippen molar-refractivity contribution in [3.05, 3.63) is 12.4 Å². The monoisotopic (exact) mass is 260 g/mol. The first-order chi connectivity index (χ1) is 7.89. The van der Waals surface area contributed by atoms with Crippen molar-refractivity contribution in [2.75, 3.05) is 18.0 Å². The molecular formula is C10H20N4O2S. The van der Waals surface area contributed by atoms with Crippen molar-refractivity contribution in [2.24, 2.45) is 5.92 Å². The van der Waals surface area contributed by atoms with Crippen LogP contribution in [-0.4, -0.2) is 30.5 Å². The summed E-state index contributed by atoms with van der Waals surface area (Å²) >= 11 is 0. The van der Waals surface area contributed by atoms with E-state index in [4.69, 9.17) is 5.73 Å². The molecule has 1 aromatic rings. The second kappa shape index (κ2) is 6.02. The molecule has 0 aliphatic rings. The molecule has 0 aliphatic heterocycles. The van der Waals surface area contributed by atoms with E-state index >= 15 is 0 Å². The average Bonchev–Trinajstić information content (AvgIpc) is 2.61. The molecule has 0 saturated heterocycles. The minimum absolute atomic E-state index is 0.173. The van der Waals surface area contributed by atoms with Crippen LogP contribution in [0.4, 0.5) is 5.69 Å². The Morgan fingerprint density at radius 2 is 2.24 bits per heavy atom. The van der Waals surface area contributed by atoms with Crippen LogP contribution in [0.1, 0.15) is 20.3 Å². The number of hydrogen-bond acceptors (Lipinski definition) is 4. The van der Waals surface area contributed by atoms with Gasteiger partial charge in [0.15, 0.2) is 0 Å². The molecule has 98 valence electrons. The number of anilines is 1.